The van der Waals surface area contributed by atoms with E-state index in [1.54, 1.807) is 4.90 Å². The molecule has 0 heterocycles. The SMILES string of the molecule is CCNC(=NCCS(C)(=O)=O)NCCC(=O)N(CC)CC. The maximum absolute atomic E-state index is 11.8. The molecule has 0 saturated heterocycles. The van der Waals surface area contributed by atoms with E-state index >= 15 is 0 Å². The van der Waals surface area contributed by atoms with Gasteiger partial charge in [0.05, 0.1) is 12.3 Å². The topological polar surface area (TPSA) is 90.9 Å². The molecule has 0 spiro atoms. The molecule has 8 heteroatoms. The molecule has 0 aromatic rings. The average molecular weight is 320 g/mol. The standard InChI is InChI=1S/C13H28N4O3S/c1-5-14-13(16-10-11-21(4,19)20)15-9-8-12(18)17(6-2)7-3/h5-11H2,1-4H3,(H2,14,15,16). The number of nitrogens with one attached hydrogen (secondary N) is 2. The Bertz CT molecular complexity index is 431. The van der Waals surface area contributed by atoms with Crippen LogP contribution in [-0.4, -0.2) is 69.9 Å². The second-order valence-electron chi connectivity index (χ2n) is 4.63. The van der Waals surface area contributed by atoms with Gasteiger partial charge in [0.25, 0.3) is 0 Å². The molecule has 0 aromatic carbocycles. The Balaban J connectivity index is 4.26. The number of carbonyl (C=O) groups excluding carboxylic acids is 1. The molecule has 0 aliphatic heterocycles. The first-order chi connectivity index (χ1) is 9.84. The minimum Gasteiger partial charge on any atom is -0.357 e. The van der Waals surface area contributed by atoms with Crippen molar-refractivity contribution < 1.29 is 13.2 Å². The summed E-state index contributed by atoms with van der Waals surface area (Å²) in [5.74, 6) is 0.648. The highest BCUT2D eigenvalue weighted by Crippen LogP contribution is 1.92. The summed E-state index contributed by atoms with van der Waals surface area (Å²) in [4.78, 5) is 17.8. The van der Waals surface area contributed by atoms with Gasteiger partial charge in [-0.25, -0.2) is 8.42 Å². The minimum atomic E-state index is -3.01. The van der Waals surface area contributed by atoms with Crippen molar-refractivity contribution in [3.63, 3.8) is 0 Å². The monoisotopic (exact) mass is 320 g/mol. The smallest absolute Gasteiger partial charge is 0.224 e. The maximum atomic E-state index is 11.8. The third kappa shape index (κ3) is 10.1. The fourth-order valence-electron chi connectivity index (χ4n) is 1.69. The second kappa shape index (κ2) is 10.4. The molecule has 7 nitrogen and oxygen atoms in total. The quantitative estimate of drug-likeness (QED) is 0.455. The highest BCUT2D eigenvalue weighted by atomic mass is 32.2. The van der Waals surface area contributed by atoms with E-state index in [0.29, 0.717) is 38.6 Å². The maximum Gasteiger partial charge on any atom is 0.224 e. The molecule has 0 unspecified atom stereocenters. The lowest BCUT2D eigenvalue weighted by Crippen LogP contribution is -2.40. The van der Waals surface area contributed by atoms with Crippen LogP contribution in [0.4, 0.5) is 0 Å². The number of nitrogens with zero attached hydrogens (tertiary/aromatic N) is 2. The van der Waals surface area contributed by atoms with Crippen molar-refractivity contribution in [1.29, 1.82) is 0 Å². The van der Waals surface area contributed by atoms with Crippen molar-refractivity contribution >= 4 is 21.7 Å². The molecule has 0 bridgehead atoms. The molecule has 0 saturated carbocycles. The third-order valence-corrected chi connectivity index (χ3v) is 3.75. The van der Waals surface area contributed by atoms with Crippen LogP contribution in [0.25, 0.3) is 0 Å². The lowest BCUT2D eigenvalue weighted by atomic mass is 10.3. The summed E-state index contributed by atoms with van der Waals surface area (Å²) < 4.78 is 22.1. The number of rotatable bonds is 9. The van der Waals surface area contributed by atoms with Crippen LogP contribution in [0.1, 0.15) is 27.2 Å². The van der Waals surface area contributed by atoms with E-state index in [2.05, 4.69) is 15.6 Å². The Labute approximate surface area is 128 Å². The van der Waals surface area contributed by atoms with E-state index in [-0.39, 0.29) is 18.2 Å². The zero-order valence-electron chi connectivity index (χ0n) is 13.5. The van der Waals surface area contributed by atoms with E-state index in [1.165, 1.54) is 6.26 Å². The first-order valence-corrected chi connectivity index (χ1v) is 9.37. The van der Waals surface area contributed by atoms with Crippen molar-refractivity contribution in [2.75, 3.05) is 44.7 Å². The van der Waals surface area contributed by atoms with Crippen LogP contribution in [0, 0.1) is 0 Å². The Kier molecular flexibility index (Phi) is 9.77. The molecule has 21 heavy (non-hydrogen) atoms. The van der Waals surface area contributed by atoms with Gasteiger partial charge in [-0.2, -0.15) is 0 Å². The molecule has 0 aliphatic carbocycles. The van der Waals surface area contributed by atoms with Crippen molar-refractivity contribution in [1.82, 2.24) is 15.5 Å². The van der Waals surface area contributed by atoms with Gasteiger partial charge in [-0.1, -0.05) is 0 Å². The molecular formula is C13H28N4O3S. The van der Waals surface area contributed by atoms with Crippen LogP contribution < -0.4 is 10.6 Å². The highest BCUT2D eigenvalue weighted by Gasteiger charge is 2.09. The van der Waals surface area contributed by atoms with E-state index < -0.39 is 9.84 Å². The van der Waals surface area contributed by atoms with Gasteiger partial charge in [0.2, 0.25) is 5.91 Å². The van der Waals surface area contributed by atoms with Gasteiger partial charge in [0.15, 0.2) is 5.96 Å². The molecule has 124 valence electrons. The number of hydrogen-bond donors (Lipinski definition) is 2. The Morgan fingerprint density at radius 3 is 2.24 bits per heavy atom. The van der Waals surface area contributed by atoms with Crippen molar-refractivity contribution in [3.8, 4) is 0 Å². The van der Waals surface area contributed by atoms with Crippen molar-refractivity contribution in [2.45, 2.75) is 27.2 Å². The Morgan fingerprint density at radius 2 is 1.76 bits per heavy atom. The van der Waals surface area contributed by atoms with Gasteiger partial charge >= 0.3 is 0 Å². The largest absolute Gasteiger partial charge is 0.357 e. The molecule has 0 aromatic heterocycles. The minimum absolute atomic E-state index is 0.0158. The Hall–Kier alpha value is -1.31. The van der Waals surface area contributed by atoms with E-state index in [4.69, 9.17) is 0 Å². The summed E-state index contributed by atoms with van der Waals surface area (Å²) in [7, 11) is -3.01. The van der Waals surface area contributed by atoms with Gasteiger partial charge in [-0.15, -0.1) is 0 Å². The van der Waals surface area contributed by atoms with Crippen LogP contribution in [0.5, 0.6) is 0 Å². The van der Waals surface area contributed by atoms with Crippen molar-refractivity contribution in [3.05, 3.63) is 0 Å². The second-order valence-corrected chi connectivity index (χ2v) is 6.89. The van der Waals surface area contributed by atoms with Crippen LogP contribution in [-0.2, 0) is 14.6 Å². The zero-order chi connectivity index (χ0) is 16.3. The average Bonchev–Trinajstić information content (AvgIpc) is 2.38. The van der Waals surface area contributed by atoms with Crippen LogP contribution in [0.2, 0.25) is 0 Å². The van der Waals surface area contributed by atoms with Gasteiger partial charge in [-0.05, 0) is 20.8 Å². The van der Waals surface area contributed by atoms with E-state index in [9.17, 15) is 13.2 Å². The summed E-state index contributed by atoms with van der Waals surface area (Å²) >= 11 is 0. The number of guanidine groups is 1. The van der Waals surface area contributed by atoms with Crippen molar-refractivity contribution in [2.24, 2.45) is 4.99 Å². The van der Waals surface area contributed by atoms with Gasteiger partial charge in [-0.3, -0.25) is 9.79 Å². The Morgan fingerprint density at radius 1 is 1.14 bits per heavy atom. The molecule has 0 aliphatic rings. The molecule has 2 N–H and O–H groups in total. The van der Waals surface area contributed by atoms with E-state index in [0.717, 1.165) is 0 Å². The normalized spacial score (nSPS) is 12.1. The van der Waals surface area contributed by atoms with Gasteiger partial charge in [0.1, 0.15) is 9.84 Å². The molecule has 0 rings (SSSR count). The predicted octanol–water partition coefficient (Wildman–Crippen LogP) is -0.155. The first-order valence-electron chi connectivity index (χ1n) is 7.31. The first kappa shape index (κ1) is 19.7. The predicted molar refractivity (Wildman–Crippen MR) is 86.2 cm³/mol. The number of carbonyl (C=O) groups is 1. The molecule has 0 fully saturated rings. The fraction of sp³-hybridized carbons (Fsp3) is 0.846. The van der Waals surface area contributed by atoms with Crippen LogP contribution in [0.15, 0.2) is 4.99 Å². The lowest BCUT2D eigenvalue weighted by Gasteiger charge is -2.19. The van der Waals surface area contributed by atoms with Crippen LogP contribution in [0.3, 0.4) is 0 Å². The molecule has 0 atom stereocenters. The molecule has 0 radical (unpaired) electrons. The van der Waals surface area contributed by atoms with Gasteiger partial charge in [0, 0.05) is 38.9 Å². The molecule has 1 amide bonds. The van der Waals surface area contributed by atoms with Crippen LogP contribution >= 0.6 is 0 Å². The van der Waals surface area contributed by atoms with E-state index in [1.807, 2.05) is 20.8 Å². The van der Waals surface area contributed by atoms with Gasteiger partial charge < -0.3 is 15.5 Å². The highest BCUT2D eigenvalue weighted by molar-refractivity contribution is 7.90. The zero-order valence-corrected chi connectivity index (χ0v) is 14.3. The molecular weight excluding hydrogens is 292 g/mol. The summed E-state index contributed by atoms with van der Waals surface area (Å²) in [6.45, 7) is 8.59. The summed E-state index contributed by atoms with van der Waals surface area (Å²) in [6, 6.07) is 0. The number of hydrogen-bond acceptors (Lipinski definition) is 4. The number of amides is 1. The fourth-order valence-corrected chi connectivity index (χ4v) is 2.11. The summed E-state index contributed by atoms with van der Waals surface area (Å²) in [5, 5.41) is 6.06. The third-order valence-electron chi connectivity index (χ3n) is 2.82. The summed E-state index contributed by atoms with van der Waals surface area (Å²) in [5.41, 5.74) is 0. The number of aliphatic imine (C=N–C) groups is 1. The summed E-state index contributed by atoms with van der Waals surface area (Å²) in [6.07, 6.45) is 1.57. The number of sulfone groups is 1. The lowest BCUT2D eigenvalue weighted by molar-refractivity contribution is -0.130.